The number of benzene rings is 1. The second-order valence-corrected chi connectivity index (χ2v) is 5.76. The first-order valence-electron chi connectivity index (χ1n) is 5.30. The number of para-hydroxylation sites is 1. The van der Waals surface area contributed by atoms with Crippen molar-refractivity contribution in [2.45, 2.75) is 13.5 Å². The molecule has 86 valence electrons. The Morgan fingerprint density at radius 2 is 2.29 bits per heavy atom. The van der Waals surface area contributed by atoms with E-state index in [-0.39, 0.29) is 0 Å². The zero-order chi connectivity index (χ0) is 11.7. The summed E-state index contributed by atoms with van der Waals surface area (Å²) in [5, 5.41) is 4.32. The smallest absolute Gasteiger partial charge is 0.184 e. The number of aryl methyl sites for hydroxylation is 1. The van der Waals surface area contributed by atoms with Gasteiger partial charge in [-0.2, -0.15) is 0 Å². The fourth-order valence-electron chi connectivity index (χ4n) is 1.65. The maximum atomic E-state index is 4.60. The van der Waals surface area contributed by atoms with Crippen LogP contribution < -0.4 is 5.32 Å². The van der Waals surface area contributed by atoms with Crippen LogP contribution in [0.4, 0.5) is 5.13 Å². The quantitative estimate of drug-likeness (QED) is 0.781. The van der Waals surface area contributed by atoms with Crippen molar-refractivity contribution in [3.63, 3.8) is 0 Å². The van der Waals surface area contributed by atoms with Gasteiger partial charge in [0.2, 0.25) is 0 Å². The Morgan fingerprint density at radius 3 is 3.06 bits per heavy atom. The third-order valence-electron chi connectivity index (χ3n) is 2.52. The third-order valence-corrected chi connectivity index (χ3v) is 4.28. The van der Waals surface area contributed by atoms with Gasteiger partial charge in [0.1, 0.15) is 0 Å². The molecule has 0 radical (unpaired) electrons. The molecular weight excluding hydrogens is 250 g/mol. The molecule has 0 bridgehead atoms. The molecule has 2 heterocycles. The minimum absolute atomic E-state index is 0.795. The van der Waals surface area contributed by atoms with Crippen molar-refractivity contribution in [3.8, 4) is 0 Å². The number of aromatic nitrogens is 2. The van der Waals surface area contributed by atoms with Crippen molar-refractivity contribution in [2.24, 2.45) is 0 Å². The van der Waals surface area contributed by atoms with Crippen molar-refractivity contribution in [1.82, 2.24) is 9.97 Å². The van der Waals surface area contributed by atoms with Crippen LogP contribution in [0.25, 0.3) is 10.2 Å². The van der Waals surface area contributed by atoms with Crippen LogP contribution in [0, 0.1) is 6.92 Å². The molecule has 0 spiro atoms. The predicted molar refractivity (Wildman–Crippen MR) is 73.8 cm³/mol. The Morgan fingerprint density at radius 1 is 1.35 bits per heavy atom. The number of hydrogen-bond acceptors (Lipinski definition) is 5. The lowest BCUT2D eigenvalue weighted by molar-refractivity contribution is 1.16. The molecule has 0 aliphatic carbocycles. The van der Waals surface area contributed by atoms with Gasteiger partial charge in [-0.1, -0.05) is 23.5 Å². The van der Waals surface area contributed by atoms with Gasteiger partial charge >= 0.3 is 0 Å². The summed E-state index contributed by atoms with van der Waals surface area (Å²) in [5.74, 6) is 0. The van der Waals surface area contributed by atoms with E-state index in [1.165, 1.54) is 15.1 Å². The van der Waals surface area contributed by atoms with Crippen LogP contribution in [0.3, 0.4) is 0 Å². The zero-order valence-corrected chi connectivity index (χ0v) is 10.9. The van der Waals surface area contributed by atoms with E-state index in [0.717, 1.165) is 17.2 Å². The maximum absolute atomic E-state index is 4.60. The molecule has 3 rings (SSSR count). The van der Waals surface area contributed by atoms with Gasteiger partial charge in [0, 0.05) is 11.1 Å². The van der Waals surface area contributed by atoms with Gasteiger partial charge in [-0.05, 0) is 18.6 Å². The van der Waals surface area contributed by atoms with Crippen LogP contribution in [0.2, 0.25) is 0 Å². The third kappa shape index (κ3) is 2.16. The SMILES string of the molecule is Cc1cccc2sc(NCc3cncs3)nc12. The van der Waals surface area contributed by atoms with E-state index in [4.69, 9.17) is 0 Å². The molecule has 0 saturated heterocycles. The van der Waals surface area contributed by atoms with Crippen LogP contribution in [0.1, 0.15) is 10.4 Å². The number of rotatable bonds is 3. The summed E-state index contributed by atoms with van der Waals surface area (Å²) in [6.07, 6.45) is 1.89. The van der Waals surface area contributed by atoms with Gasteiger partial charge in [-0.15, -0.1) is 11.3 Å². The van der Waals surface area contributed by atoms with E-state index in [1.54, 1.807) is 22.7 Å². The molecule has 2 aromatic heterocycles. The molecule has 0 amide bonds. The normalized spacial score (nSPS) is 10.9. The zero-order valence-electron chi connectivity index (χ0n) is 9.30. The highest BCUT2D eigenvalue weighted by Crippen LogP contribution is 2.28. The minimum atomic E-state index is 0.795. The number of anilines is 1. The van der Waals surface area contributed by atoms with E-state index in [1.807, 2.05) is 11.7 Å². The average Bonchev–Trinajstić information content (AvgIpc) is 2.95. The van der Waals surface area contributed by atoms with Crippen LogP contribution in [0.5, 0.6) is 0 Å². The van der Waals surface area contributed by atoms with Crippen molar-refractivity contribution >= 4 is 38.0 Å². The molecule has 17 heavy (non-hydrogen) atoms. The van der Waals surface area contributed by atoms with Crippen molar-refractivity contribution < 1.29 is 0 Å². The fraction of sp³-hybridized carbons (Fsp3) is 0.167. The van der Waals surface area contributed by atoms with Crippen LogP contribution >= 0.6 is 22.7 Å². The largest absolute Gasteiger partial charge is 0.357 e. The minimum Gasteiger partial charge on any atom is -0.357 e. The molecule has 3 aromatic rings. The second kappa shape index (κ2) is 4.43. The number of nitrogens with one attached hydrogen (secondary N) is 1. The van der Waals surface area contributed by atoms with Gasteiger partial charge in [0.15, 0.2) is 5.13 Å². The number of nitrogens with zero attached hydrogens (tertiary/aromatic N) is 2. The Bertz CT molecular complexity index is 628. The molecule has 0 aliphatic rings. The van der Waals surface area contributed by atoms with Gasteiger partial charge in [0.25, 0.3) is 0 Å². The fourth-order valence-corrected chi connectivity index (χ4v) is 3.13. The summed E-state index contributed by atoms with van der Waals surface area (Å²) >= 11 is 3.35. The first-order chi connectivity index (χ1) is 8.33. The van der Waals surface area contributed by atoms with E-state index in [9.17, 15) is 0 Å². The van der Waals surface area contributed by atoms with E-state index >= 15 is 0 Å². The molecular formula is C12H11N3S2. The van der Waals surface area contributed by atoms with Gasteiger partial charge < -0.3 is 5.32 Å². The Kier molecular flexibility index (Phi) is 2.78. The maximum Gasteiger partial charge on any atom is 0.184 e. The second-order valence-electron chi connectivity index (χ2n) is 3.76. The first-order valence-corrected chi connectivity index (χ1v) is 7.00. The molecule has 1 N–H and O–H groups in total. The predicted octanol–water partition coefficient (Wildman–Crippen LogP) is 3.67. The summed E-state index contributed by atoms with van der Waals surface area (Å²) in [5.41, 5.74) is 4.17. The van der Waals surface area contributed by atoms with Crippen LogP contribution in [0.15, 0.2) is 29.9 Å². The Balaban J connectivity index is 1.84. The number of fused-ring (bicyclic) bond motifs is 1. The Hall–Kier alpha value is -1.46. The van der Waals surface area contributed by atoms with E-state index in [2.05, 4.69) is 40.4 Å². The average molecular weight is 261 g/mol. The highest BCUT2D eigenvalue weighted by atomic mass is 32.1. The van der Waals surface area contributed by atoms with Crippen molar-refractivity contribution in [3.05, 3.63) is 40.3 Å². The molecule has 5 heteroatoms. The lowest BCUT2D eigenvalue weighted by Gasteiger charge is -1.97. The first kappa shape index (κ1) is 10.7. The number of thiazole rings is 2. The van der Waals surface area contributed by atoms with Gasteiger partial charge in [-0.3, -0.25) is 4.98 Å². The van der Waals surface area contributed by atoms with Crippen LogP contribution in [-0.2, 0) is 6.54 Å². The lowest BCUT2D eigenvalue weighted by atomic mass is 10.2. The summed E-state index contributed by atoms with van der Waals surface area (Å²) in [6.45, 7) is 2.89. The molecule has 0 aliphatic heterocycles. The summed E-state index contributed by atoms with van der Waals surface area (Å²) in [6, 6.07) is 6.27. The summed E-state index contributed by atoms with van der Waals surface area (Å²) in [4.78, 5) is 9.88. The molecule has 0 fully saturated rings. The van der Waals surface area contributed by atoms with Crippen molar-refractivity contribution in [1.29, 1.82) is 0 Å². The van der Waals surface area contributed by atoms with E-state index in [0.29, 0.717) is 0 Å². The van der Waals surface area contributed by atoms with Gasteiger partial charge in [-0.25, -0.2) is 4.98 Å². The van der Waals surface area contributed by atoms with Crippen LogP contribution in [-0.4, -0.2) is 9.97 Å². The summed E-state index contributed by atoms with van der Waals surface area (Å²) < 4.78 is 1.23. The highest BCUT2D eigenvalue weighted by molar-refractivity contribution is 7.22. The topological polar surface area (TPSA) is 37.8 Å². The molecule has 1 aromatic carbocycles. The Labute approximate surface area is 107 Å². The molecule has 0 unspecified atom stereocenters. The molecule has 0 saturated carbocycles. The molecule has 3 nitrogen and oxygen atoms in total. The standard InChI is InChI=1S/C12H11N3S2/c1-8-3-2-4-10-11(8)15-12(17-10)14-6-9-5-13-7-16-9/h2-5,7H,6H2,1H3,(H,14,15). The monoisotopic (exact) mass is 261 g/mol. The summed E-state index contributed by atoms with van der Waals surface area (Å²) in [7, 11) is 0. The van der Waals surface area contributed by atoms with Gasteiger partial charge in [0.05, 0.1) is 22.3 Å². The van der Waals surface area contributed by atoms with E-state index < -0.39 is 0 Å². The van der Waals surface area contributed by atoms with Crippen molar-refractivity contribution in [2.75, 3.05) is 5.32 Å². The highest BCUT2D eigenvalue weighted by Gasteiger charge is 2.05. The lowest BCUT2D eigenvalue weighted by Crippen LogP contribution is -1.96. The molecule has 0 atom stereocenters. The number of hydrogen-bond donors (Lipinski definition) is 1.